The summed E-state index contributed by atoms with van der Waals surface area (Å²) >= 11 is 0. The molecule has 2 aromatic rings. The van der Waals surface area contributed by atoms with Crippen molar-refractivity contribution in [1.82, 2.24) is 9.78 Å². The topological polar surface area (TPSA) is 36.3 Å². The second kappa shape index (κ2) is 6.07. The zero-order valence-electron chi connectivity index (χ0n) is 15.0. The van der Waals surface area contributed by atoms with E-state index in [1.165, 1.54) is 18.2 Å². The van der Waals surface area contributed by atoms with Gasteiger partial charge in [0.1, 0.15) is 11.5 Å². The monoisotopic (exact) mass is 346 g/mol. The summed E-state index contributed by atoms with van der Waals surface area (Å²) in [6, 6.07) is 4.41. The van der Waals surface area contributed by atoms with Crippen molar-refractivity contribution in [3.05, 3.63) is 47.7 Å². The van der Waals surface area contributed by atoms with Crippen LogP contribution < -0.4 is 0 Å². The van der Waals surface area contributed by atoms with Gasteiger partial charge in [0.25, 0.3) is 0 Å². The third-order valence-corrected chi connectivity index (χ3v) is 4.79. The summed E-state index contributed by atoms with van der Waals surface area (Å²) in [6.07, 6.45) is 4.58. The molecule has 0 saturated carbocycles. The van der Waals surface area contributed by atoms with Crippen molar-refractivity contribution >= 4 is 13.2 Å². The fraction of sp³-hybridized carbons (Fsp3) is 0.389. The Bertz CT molecular complexity index is 814. The molecule has 2 heterocycles. The van der Waals surface area contributed by atoms with E-state index in [2.05, 4.69) is 5.10 Å². The molecular formula is C18H21BF2N2O2. The first-order valence-corrected chi connectivity index (χ1v) is 8.10. The molecule has 1 saturated heterocycles. The van der Waals surface area contributed by atoms with E-state index in [1.807, 2.05) is 27.7 Å². The number of aryl methyl sites for hydroxylation is 1. The van der Waals surface area contributed by atoms with Crippen molar-refractivity contribution < 1.29 is 18.1 Å². The lowest BCUT2D eigenvalue weighted by molar-refractivity contribution is 0.00578. The molecule has 7 heteroatoms. The number of hydrogen-bond donors (Lipinski definition) is 0. The smallest absolute Gasteiger partial charge is 0.398 e. The highest BCUT2D eigenvalue weighted by molar-refractivity contribution is 6.54. The van der Waals surface area contributed by atoms with Crippen molar-refractivity contribution in [2.45, 2.75) is 38.9 Å². The number of nitrogens with zero attached hydrogens (tertiary/aromatic N) is 2. The lowest BCUT2D eigenvalue weighted by atomic mass is 9.86. The molecule has 3 rings (SSSR count). The molecule has 0 radical (unpaired) electrons. The number of halogens is 2. The number of aromatic nitrogens is 2. The Morgan fingerprint density at radius 2 is 1.84 bits per heavy atom. The molecule has 0 amide bonds. The highest BCUT2D eigenvalue weighted by Gasteiger charge is 2.53. The van der Waals surface area contributed by atoms with Gasteiger partial charge in [0, 0.05) is 24.4 Å². The summed E-state index contributed by atoms with van der Waals surface area (Å²) in [7, 11) is 0.681. The third kappa shape index (κ3) is 3.39. The molecule has 0 bridgehead atoms. The fourth-order valence-electron chi connectivity index (χ4n) is 2.60. The maximum absolute atomic E-state index is 14.6. The predicted molar refractivity (Wildman–Crippen MR) is 93.8 cm³/mol. The van der Waals surface area contributed by atoms with Crippen LogP contribution in [0.4, 0.5) is 8.78 Å². The Labute approximate surface area is 146 Å². The van der Waals surface area contributed by atoms with E-state index in [1.54, 1.807) is 30.2 Å². The van der Waals surface area contributed by atoms with E-state index in [0.29, 0.717) is 16.7 Å². The summed E-state index contributed by atoms with van der Waals surface area (Å²) in [5.74, 6) is -0.388. The average molecular weight is 346 g/mol. The van der Waals surface area contributed by atoms with Crippen LogP contribution in [-0.4, -0.2) is 28.1 Å². The minimum Gasteiger partial charge on any atom is -0.398 e. The Kier molecular flexibility index (Phi) is 4.33. The van der Waals surface area contributed by atoms with Gasteiger partial charge in [-0.2, -0.15) is 5.10 Å². The van der Waals surface area contributed by atoms with E-state index in [0.717, 1.165) is 0 Å². The molecule has 1 aliphatic rings. The van der Waals surface area contributed by atoms with Crippen LogP contribution in [0.3, 0.4) is 0 Å². The summed E-state index contributed by atoms with van der Waals surface area (Å²) in [5, 5.41) is 4.04. The molecule has 1 aliphatic heterocycles. The first kappa shape index (κ1) is 17.8. The SMILES string of the molecule is Cn1cc(-c2cc(C=C(F)B3OC(C)(C)C(C)(C)O3)ccc2F)cn1. The molecule has 132 valence electrons. The quantitative estimate of drug-likeness (QED) is 0.783. The second-order valence-electron chi connectivity index (χ2n) is 7.26. The number of hydrogen-bond acceptors (Lipinski definition) is 3. The average Bonchev–Trinajstić information content (AvgIpc) is 3.02. The molecule has 0 aliphatic carbocycles. The van der Waals surface area contributed by atoms with Crippen LogP contribution in [0.15, 0.2) is 36.3 Å². The molecule has 1 aromatic heterocycles. The summed E-state index contributed by atoms with van der Waals surface area (Å²) in [4.78, 5) is 0. The van der Waals surface area contributed by atoms with Gasteiger partial charge in [-0.1, -0.05) is 6.07 Å². The molecule has 0 N–H and O–H groups in total. The highest BCUT2D eigenvalue weighted by atomic mass is 19.1. The van der Waals surface area contributed by atoms with E-state index in [9.17, 15) is 8.78 Å². The summed E-state index contributed by atoms with van der Waals surface area (Å²) < 4.78 is 41.7. The first-order chi connectivity index (χ1) is 11.6. The van der Waals surface area contributed by atoms with E-state index >= 15 is 0 Å². The van der Waals surface area contributed by atoms with Crippen LogP contribution in [0.1, 0.15) is 33.3 Å². The Balaban J connectivity index is 1.89. The van der Waals surface area contributed by atoms with Crippen molar-refractivity contribution in [3.63, 3.8) is 0 Å². The van der Waals surface area contributed by atoms with Crippen LogP contribution in [-0.2, 0) is 16.4 Å². The zero-order chi connectivity index (χ0) is 18.4. The molecular weight excluding hydrogens is 325 g/mol. The van der Waals surface area contributed by atoms with Crippen LogP contribution >= 0.6 is 0 Å². The first-order valence-electron chi connectivity index (χ1n) is 8.10. The van der Waals surface area contributed by atoms with E-state index < -0.39 is 24.0 Å². The van der Waals surface area contributed by atoms with Gasteiger partial charge < -0.3 is 9.31 Å². The maximum Gasteiger partial charge on any atom is 0.525 e. The van der Waals surface area contributed by atoms with Gasteiger partial charge in [-0.3, -0.25) is 4.68 Å². The van der Waals surface area contributed by atoms with Crippen molar-refractivity contribution in [3.8, 4) is 11.1 Å². The van der Waals surface area contributed by atoms with Gasteiger partial charge in [-0.15, -0.1) is 0 Å². The fourth-order valence-corrected chi connectivity index (χ4v) is 2.60. The number of rotatable bonds is 3. The molecule has 0 atom stereocenters. The maximum atomic E-state index is 14.6. The molecule has 0 unspecified atom stereocenters. The van der Waals surface area contributed by atoms with Crippen LogP contribution in [0.2, 0.25) is 0 Å². The van der Waals surface area contributed by atoms with Gasteiger partial charge in [0.2, 0.25) is 0 Å². The van der Waals surface area contributed by atoms with Crippen molar-refractivity contribution in [2.75, 3.05) is 0 Å². The van der Waals surface area contributed by atoms with Crippen LogP contribution in [0, 0.1) is 5.82 Å². The largest absolute Gasteiger partial charge is 0.525 e. The predicted octanol–water partition coefficient (Wildman–Crippen LogP) is 4.17. The van der Waals surface area contributed by atoms with Gasteiger partial charge in [0.15, 0.2) is 0 Å². The number of benzene rings is 1. The minimum absolute atomic E-state index is 0.364. The lowest BCUT2D eigenvalue weighted by Crippen LogP contribution is -2.41. The molecule has 25 heavy (non-hydrogen) atoms. The zero-order valence-corrected chi connectivity index (χ0v) is 15.0. The standard InChI is InChI=1S/C18H21BF2N2O2/c1-17(2)18(3,4)25-19(24-17)16(21)9-12-6-7-15(20)14(8-12)13-10-22-23(5)11-13/h6-11H,1-5H3. The lowest BCUT2D eigenvalue weighted by Gasteiger charge is -2.32. The Morgan fingerprint density at radius 3 is 2.40 bits per heavy atom. The van der Waals surface area contributed by atoms with Crippen molar-refractivity contribution in [2.24, 2.45) is 7.05 Å². The van der Waals surface area contributed by atoms with E-state index in [4.69, 9.17) is 9.31 Å². The van der Waals surface area contributed by atoms with Crippen molar-refractivity contribution in [1.29, 1.82) is 0 Å². The molecule has 1 aromatic carbocycles. The third-order valence-electron chi connectivity index (χ3n) is 4.79. The van der Waals surface area contributed by atoms with Gasteiger partial charge in [-0.05, 0) is 51.5 Å². The van der Waals surface area contributed by atoms with Crippen LogP contribution in [0.25, 0.3) is 17.2 Å². The molecule has 4 nitrogen and oxygen atoms in total. The minimum atomic E-state index is -1.07. The molecule has 0 spiro atoms. The Hall–Kier alpha value is -1.99. The highest BCUT2D eigenvalue weighted by Crippen LogP contribution is 2.39. The van der Waals surface area contributed by atoms with Crippen LogP contribution in [0.5, 0.6) is 0 Å². The molecule has 1 fully saturated rings. The van der Waals surface area contributed by atoms with Gasteiger partial charge in [0.05, 0.1) is 17.4 Å². The van der Waals surface area contributed by atoms with E-state index in [-0.39, 0.29) is 5.82 Å². The summed E-state index contributed by atoms with van der Waals surface area (Å²) in [5.41, 5.74) is -0.274. The van der Waals surface area contributed by atoms with Gasteiger partial charge in [-0.25, -0.2) is 8.78 Å². The summed E-state index contributed by atoms with van der Waals surface area (Å²) in [6.45, 7) is 7.44. The Morgan fingerprint density at radius 1 is 1.20 bits per heavy atom. The van der Waals surface area contributed by atoms with Gasteiger partial charge >= 0.3 is 7.12 Å². The second-order valence-corrected chi connectivity index (χ2v) is 7.26. The normalized spacial score (nSPS) is 19.5.